The van der Waals surface area contributed by atoms with Gasteiger partial charge in [-0.25, -0.2) is 4.39 Å². The summed E-state index contributed by atoms with van der Waals surface area (Å²) in [5.74, 6) is -1.31. The molecule has 2 aromatic carbocycles. The number of rotatable bonds is 5. The van der Waals surface area contributed by atoms with Crippen molar-refractivity contribution in [1.82, 2.24) is 4.90 Å². The number of benzene rings is 2. The highest BCUT2D eigenvalue weighted by Crippen LogP contribution is 2.44. The Morgan fingerprint density at radius 2 is 1.71 bits per heavy atom. The highest BCUT2D eigenvalue weighted by atomic mass is 19.1. The molecular formula is C24H24FNO5. The number of hydrogen-bond acceptors (Lipinski definition) is 5. The number of ketones is 1. The van der Waals surface area contributed by atoms with Gasteiger partial charge in [0.05, 0.1) is 31.4 Å². The van der Waals surface area contributed by atoms with Crippen molar-refractivity contribution < 1.29 is 28.6 Å². The summed E-state index contributed by atoms with van der Waals surface area (Å²) < 4.78 is 24.2. The van der Waals surface area contributed by atoms with E-state index in [1.54, 1.807) is 35.2 Å². The summed E-state index contributed by atoms with van der Waals surface area (Å²) in [5.41, 5.74) is 0.827. The minimum absolute atomic E-state index is 0.0213. The summed E-state index contributed by atoms with van der Waals surface area (Å²) in [6.45, 7) is 0. The molecule has 1 aliphatic carbocycles. The van der Waals surface area contributed by atoms with Gasteiger partial charge in [-0.1, -0.05) is 25.0 Å². The van der Waals surface area contributed by atoms with Gasteiger partial charge in [0.15, 0.2) is 0 Å². The fourth-order valence-electron chi connectivity index (χ4n) is 4.52. The lowest BCUT2D eigenvalue weighted by Gasteiger charge is -2.30. The predicted octanol–water partition coefficient (Wildman–Crippen LogP) is 4.21. The summed E-state index contributed by atoms with van der Waals surface area (Å²) in [5, 5.41) is 11.2. The van der Waals surface area contributed by atoms with Crippen molar-refractivity contribution >= 4 is 17.4 Å². The summed E-state index contributed by atoms with van der Waals surface area (Å²) >= 11 is 0. The Bertz CT molecular complexity index is 1040. The van der Waals surface area contributed by atoms with Crippen molar-refractivity contribution in [3.8, 4) is 11.5 Å². The SMILES string of the molecule is COc1ccc(/C(O)=C2/C(=O)C(=O)N(C3CCCC3)C2c2ccc(F)cc2)c(OC)c1. The molecule has 0 radical (unpaired) electrons. The molecule has 1 atom stereocenters. The molecule has 0 spiro atoms. The van der Waals surface area contributed by atoms with E-state index in [1.807, 2.05) is 0 Å². The van der Waals surface area contributed by atoms with Crippen molar-refractivity contribution in [3.05, 3.63) is 65.0 Å². The molecule has 2 aromatic rings. The molecule has 0 bridgehead atoms. The van der Waals surface area contributed by atoms with Crippen LogP contribution in [-0.2, 0) is 9.59 Å². The number of hydrogen-bond donors (Lipinski definition) is 1. The van der Waals surface area contributed by atoms with Gasteiger partial charge < -0.3 is 19.5 Å². The molecule has 1 amide bonds. The largest absolute Gasteiger partial charge is 0.507 e. The van der Waals surface area contributed by atoms with Crippen LogP contribution in [0.15, 0.2) is 48.0 Å². The quantitative estimate of drug-likeness (QED) is 0.441. The lowest BCUT2D eigenvalue weighted by molar-refractivity contribution is -0.141. The van der Waals surface area contributed by atoms with E-state index in [1.165, 1.54) is 26.4 Å². The van der Waals surface area contributed by atoms with Crippen LogP contribution in [0.25, 0.3) is 5.76 Å². The Morgan fingerprint density at radius 3 is 2.32 bits per heavy atom. The first-order valence-electron chi connectivity index (χ1n) is 10.2. The third kappa shape index (κ3) is 3.65. The summed E-state index contributed by atoms with van der Waals surface area (Å²) in [4.78, 5) is 27.7. The lowest BCUT2D eigenvalue weighted by Crippen LogP contribution is -2.37. The third-order valence-electron chi connectivity index (χ3n) is 6.05. The first kappa shape index (κ1) is 20.9. The molecule has 7 heteroatoms. The van der Waals surface area contributed by atoms with E-state index >= 15 is 0 Å². The summed E-state index contributed by atoms with van der Waals surface area (Å²) in [7, 11) is 2.95. The highest BCUT2D eigenvalue weighted by molar-refractivity contribution is 6.46. The molecule has 1 heterocycles. The number of nitrogens with zero attached hydrogens (tertiary/aromatic N) is 1. The first-order chi connectivity index (χ1) is 15.0. The highest BCUT2D eigenvalue weighted by Gasteiger charge is 2.49. The zero-order valence-corrected chi connectivity index (χ0v) is 17.4. The van der Waals surface area contributed by atoms with Crippen LogP contribution < -0.4 is 9.47 Å². The second kappa shape index (κ2) is 8.41. The van der Waals surface area contributed by atoms with E-state index < -0.39 is 23.5 Å². The van der Waals surface area contributed by atoms with Crippen LogP contribution in [0.1, 0.15) is 42.9 Å². The zero-order chi connectivity index (χ0) is 22.1. The molecule has 31 heavy (non-hydrogen) atoms. The molecule has 162 valence electrons. The fourth-order valence-corrected chi connectivity index (χ4v) is 4.52. The molecular weight excluding hydrogens is 401 g/mol. The normalized spacial score (nSPS) is 21.0. The predicted molar refractivity (Wildman–Crippen MR) is 112 cm³/mol. The number of aliphatic hydroxyl groups excluding tert-OH is 1. The molecule has 1 saturated carbocycles. The van der Waals surface area contributed by atoms with Gasteiger partial charge in [0.25, 0.3) is 11.7 Å². The van der Waals surface area contributed by atoms with Crippen molar-refractivity contribution in [2.75, 3.05) is 14.2 Å². The van der Waals surface area contributed by atoms with E-state index in [2.05, 4.69) is 0 Å². The van der Waals surface area contributed by atoms with Crippen LogP contribution in [0.4, 0.5) is 4.39 Å². The van der Waals surface area contributed by atoms with Gasteiger partial charge in [0.2, 0.25) is 0 Å². The van der Waals surface area contributed by atoms with Crippen molar-refractivity contribution in [2.45, 2.75) is 37.8 Å². The van der Waals surface area contributed by atoms with Crippen LogP contribution in [0.2, 0.25) is 0 Å². The standard InChI is InChI=1S/C24H24FNO5/c1-30-17-11-12-18(19(13-17)31-2)22(27)20-21(14-7-9-15(25)10-8-14)26(24(29)23(20)28)16-5-3-4-6-16/h7-13,16,21,27H,3-6H2,1-2H3/b22-20-. The van der Waals surface area contributed by atoms with Gasteiger partial charge >= 0.3 is 0 Å². The van der Waals surface area contributed by atoms with Crippen molar-refractivity contribution in [1.29, 1.82) is 0 Å². The number of Topliss-reactive ketones (excluding diaryl/α,β-unsaturated/α-hetero) is 1. The van der Waals surface area contributed by atoms with E-state index in [4.69, 9.17) is 9.47 Å². The lowest BCUT2D eigenvalue weighted by atomic mass is 9.94. The number of likely N-dealkylation sites (tertiary alicyclic amines) is 1. The average molecular weight is 425 g/mol. The number of carbonyl (C=O) groups excluding carboxylic acids is 2. The number of amides is 1. The van der Waals surface area contributed by atoms with Crippen LogP contribution in [-0.4, -0.2) is 42.0 Å². The van der Waals surface area contributed by atoms with Crippen LogP contribution in [0.5, 0.6) is 11.5 Å². The van der Waals surface area contributed by atoms with E-state index in [-0.39, 0.29) is 22.9 Å². The number of ether oxygens (including phenoxy) is 2. The molecule has 1 unspecified atom stereocenters. The number of aliphatic hydroxyl groups is 1. The zero-order valence-electron chi connectivity index (χ0n) is 17.4. The molecule has 2 fully saturated rings. The Balaban J connectivity index is 1.90. The second-order valence-electron chi connectivity index (χ2n) is 7.76. The van der Waals surface area contributed by atoms with Crippen LogP contribution in [0, 0.1) is 5.82 Å². The fraction of sp³-hybridized carbons (Fsp3) is 0.333. The first-order valence-corrected chi connectivity index (χ1v) is 10.2. The summed E-state index contributed by atoms with van der Waals surface area (Å²) in [6, 6.07) is 9.59. The van der Waals surface area contributed by atoms with Gasteiger partial charge in [0.1, 0.15) is 23.1 Å². The summed E-state index contributed by atoms with van der Waals surface area (Å²) in [6.07, 6.45) is 3.51. The average Bonchev–Trinajstić information content (AvgIpc) is 3.40. The molecule has 1 saturated heterocycles. The maximum atomic E-state index is 13.6. The van der Waals surface area contributed by atoms with E-state index in [9.17, 15) is 19.1 Å². The second-order valence-corrected chi connectivity index (χ2v) is 7.76. The molecule has 2 aliphatic rings. The molecule has 6 nitrogen and oxygen atoms in total. The molecule has 0 aromatic heterocycles. The van der Waals surface area contributed by atoms with Gasteiger partial charge in [-0.05, 0) is 42.7 Å². The Hall–Kier alpha value is -3.35. The van der Waals surface area contributed by atoms with E-state index in [0.717, 1.165) is 25.7 Å². The Morgan fingerprint density at radius 1 is 1.03 bits per heavy atom. The number of halogens is 1. The van der Waals surface area contributed by atoms with Gasteiger partial charge in [-0.15, -0.1) is 0 Å². The molecule has 4 rings (SSSR count). The van der Waals surface area contributed by atoms with Crippen molar-refractivity contribution in [3.63, 3.8) is 0 Å². The topological polar surface area (TPSA) is 76.1 Å². The molecule has 1 N–H and O–H groups in total. The monoisotopic (exact) mass is 425 g/mol. The van der Waals surface area contributed by atoms with Crippen molar-refractivity contribution in [2.24, 2.45) is 0 Å². The Labute approximate surface area is 179 Å². The number of methoxy groups -OCH3 is 2. The van der Waals surface area contributed by atoms with Gasteiger partial charge in [-0.3, -0.25) is 9.59 Å². The van der Waals surface area contributed by atoms with Crippen LogP contribution in [0.3, 0.4) is 0 Å². The number of carbonyl (C=O) groups is 2. The third-order valence-corrected chi connectivity index (χ3v) is 6.05. The smallest absolute Gasteiger partial charge is 0.295 e. The van der Waals surface area contributed by atoms with Gasteiger partial charge in [0, 0.05) is 12.1 Å². The Kier molecular flexibility index (Phi) is 5.67. The van der Waals surface area contributed by atoms with Gasteiger partial charge in [-0.2, -0.15) is 0 Å². The maximum absolute atomic E-state index is 13.6. The molecule has 1 aliphatic heterocycles. The minimum Gasteiger partial charge on any atom is -0.507 e. The van der Waals surface area contributed by atoms with E-state index in [0.29, 0.717) is 17.1 Å². The maximum Gasteiger partial charge on any atom is 0.295 e. The van der Waals surface area contributed by atoms with Crippen LogP contribution >= 0.6 is 0 Å². The minimum atomic E-state index is -0.796.